The first kappa shape index (κ1) is 38.3. The van der Waals surface area contributed by atoms with Crippen LogP contribution in [0, 0.1) is 50.4 Å². The molecular formula is C40H56Cl2Zr-2. The molecule has 0 aliphatic heterocycles. The molecule has 0 amide bonds. The number of rotatable bonds is 4. The van der Waals surface area contributed by atoms with Crippen molar-refractivity contribution in [2.45, 2.75) is 91.9 Å². The van der Waals surface area contributed by atoms with Gasteiger partial charge in [-0.3, -0.25) is 0 Å². The molecule has 2 fully saturated rings. The molecule has 43 heavy (non-hydrogen) atoms. The molecule has 0 aromatic carbocycles. The van der Waals surface area contributed by atoms with Crippen molar-refractivity contribution in [2.75, 3.05) is 0 Å². The Labute approximate surface area is 284 Å². The Kier molecular flexibility index (Phi) is 16.3. The van der Waals surface area contributed by atoms with E-state index in [1.54, 1.807) is 11.1 Å². The summed E-state index contributed by atoms with van der Waals surface area (Å²) in [6, 6.07) is 27.3. The molecule has 0 unspecified atom stereocenters. The summed E-state index contributed by atoms with van der Waals surface area (Å²) in [4.78, 5) is 0. The fourth-order valence-corrected chi connectivity index (χ4v) is 7.95. The van der Waals surface area contributed by atoms with E-state index in [9.17, 15) is 0 Å². The Bertz CT molecular complexity index is 1080. The molecule has 0 radical (unpaired) electrons. The minimum atomic E-state index is -0.826. The van der Waals surface area contributed by atoms with Crippen molar-refractivity contribution >= 4 is 17.0 Å². The van der Waals surface area contributed by atoms with Gasteiger partial charge in [0.2, 0.25) is 0 Å². The molecule has 0 saturated heterocycles. The molecule has 2 saturated carbocycles. The molecular weight excluding hydrogens is 643 g/mol. The Morgan fingerprint density at radius 2 is 0.977 bits per heavy atom. The molecule has 0 aromatic rings. The van der Waals surface area contributed by atoms with Gasteiger partial charge in [0.25, 0.3) is 0 Å². The monoisotopic (exact) mass is 696 g/mol. The van der Waals surface area contributed by atoms with Crippen molar-refractivity contribution in [3.8, 4) is 22.3 Å². The summed E-state index contributed by atoms with van der Waals surface area (Å²) in [5, 5.41) is 0. The van der Waals surface area contributed by atoms with E-state index in [1.165, 1.54) is 60.8 Å². The molecule has 0 bridgehead atoms. The zero-order chi connectivity index (χ0) is 29.5. The summed E-state index contributed by atoms with van der Waals surface area (Å²) < 4.78 is 0. The van der Waals surface area contributed by atoms with Crippen LogP contribution in [-0.2, 0) is 20.8 Å². The number of hydrogen-bond donors (Lipinski definition) is 0. The quantitative estimate of drug-likeness (QED) is 0.186. The van der Waals surface area contributed by atoms with E-state index in [0.717, 1.165) is 47.3 Å². The van der Waals surface area contributed by atoms with Crippen LogP contribution < -0.4 is 0 Å². The van der Waals surface area contributed by atoms with Gasteiger partial charge in [-0.05, 0) is 73.0 Å². The molecule has 3 heteroatoms. The van der Waals surface area contributed by atoms with Crippen molar-refractivity contribution in [1.29, 1.82) is 0 Å². The maximum absolute atomic E-state index is 4.93. The molecule has 0 nitrogen and oxygen atoms in total. The first-order valence-corrected chi connectivity index (χ1v) is 22.3. The van der Waals surface area contributed by atoms with E-state index in [0.29, 0.717) is 0 Å². The average molecular weight is 699 g/mol. The first-order valence-electron chi connectivity index (χ1n) is 16.0. The molecule has 0 N–H and O–H groups in total. The molecule has 0 spiro atoms. The van der Waals surface area contributed by atoms with E-state index in [1.807, 2.05) is 0 Å². The predicted molar refractivity (Wildman–Crippen MR) is 190 cm³/mol. The molecule has 6 aliphatic rings. The summed E-state index contributed by atoms with van der Waals surface area (Å²) in [7, 11) is 9.87. The Balaban J connectivity index is 0.000000264. The molecule has 6 aliphatic carbocycles. The van der Waals surface area contributed by atoms with Crippen molar-refractivity contribution in [3.05, 3.63) is 98.8 Å². The fourth-order valence-electron chi connectivity index (χ4n) is 7.95. The van der Waals surface area contributed by atoms with E-state index in [4.69, 9.17) is 17.0 Å². The van der Waals surface area contributed by atoms with Crippen molar-refractivity contribution in [3.63, 3.8) is 0 Å². The van der Waals surface area contributed by atoms with Gasteiger partial charge >= 0.3 is 37.9 Å². The summed E-state index contributed by atoms with van der Waals surface area (Å²) in [5.41, 5.74) is 8.84. The topological polar surface area (TPSA) is 0 Å². The molecule has 0 aromatic heterocycles. The predicted octanol–water partition coefficient (Wildman–Crippen LogP) is 13.6. The zero-order valence-electron chi connectivity index (χ0n) is 28.0. The first-order chi connectivity index (χ1) is 19.7. The van der Waals surface area contributed by atoms with Crippen LogP contribution >= 0.6 is 17.0 Å². The summed E-state index contributed by atoms with van der Waals surface area (Å²) >= 11 is -0.826. The standard InChI is InChI=1S/2C19H25.2CH3.2ClH.Zr/c2*1-13(2)18-9-8-14(3)10-19(18)17-11-15-6-4-5-7-16(15)12-17;;;;;/h2*4-7,11-14,18-19H,8-10H2,1-3H3;2*1H3;2*1H;/q4*-1;;;+4/p-2/t2*14-,18+,19-;;;;;/m11...../s1. The molecule has 236 valence electrons. The minimum absolute atomic E-state index is 0. The zero-order valence-corrected chi connectivity index (χ0v) is 32.0. The molecule has 0 heterocycles. The Morgan fingerprint density at radius 1 is 0.628 bits per heavy atom. The van der Waals surface area contributed by atoms with Gasteiger partial charge in [0.1, 0.15) is 0 Å². The van der Waals surface area contributed by atoms with Gasteiger partial charge in [-0.2, -0.15) is 48.5 Å². The normalized spacial score (nSPS) is 25.1. The van der Waals surface area contributed by atoms with Gasteiger partial charge in [-0.1, -0.05) is 77.6 Å². The van der Waals surface area contributed by atoms with E-state index in [2.05, 4.69) is 114 Å². The van der Waals surface area contributed by atoms with Gasteiger partial charge in [0.05, 0.1) is 0 Å². The average Bonchev–Trinajstić information content (AvgIpc) is 3.58. The maximum atomic E-state index is 4.93. The van der Waals surface area contributed by atoms with Crippen LogP contribution in [0.5, 0.6) is 0 Å². The van der Waals surface area contributed by atoms with Crippen LogP contribution in [0.25, 0.3) is 22.3 Å². The van der Waals surface area contributed by atoms with Crippen LogP contribution in [0.3, 0.4) is 0 Å². The van der Waals surface area contributed by atoms with E-state index < -0.39 is 20.8 Å². The third-order valence-corrected chi connectivity index (χ3v) is 10.2. The van der Waals surface area contributed by atoms with Gasteiger partial charge in [-0.15, -0.1) is 34.4 Å². The second-order valence-electron chi connectivity index (χ2n) is 13.8. The number of fused-ring (bicyclic) bond motifs is 2. The third-order valence-electron chi connectivity index (χ3n) is 10.2. The third kappa shape index (κ3) is 10.1. The number of hydrogen-bond acceptors (Lipinski definition) is 0. The second kappa shape index (κ2) is 18.3. The fraction of sp³-hybridized carbons (Fsp3) is 0.500. The van der Waals surface area contributed by atoms with Crippen LogP contribution in [0.4, 0.5) is 0 Å². The van der Waals surface area contributed by atoms with Crippen LogP contribution in [0.15, 0.2) is 72.8 Å². The van der Waals surface area contributed by atoms with Crippen molar-refractivity contribution in [2.24, 2.45) is 35.5 Å². The van der Waals surface area contributed by atoms with Gasteiger partial charge in [-0.25, -0.2) is 0 Å². The van der Waals surface area contributed by atoms with E-state index >= 15 is 0 Å². The summed E-state index contributed by atoms with van der Waals surface area (Å²) in [5.74, 6) is 6.66. The number of halogens is 2. The Morgan fingerprint density at radius 3 is 1.30 bits per heavy atom. The summed E-state index contributed by atoms with van der Waals surface area (Å²) in [6.45, 7) is 14.4. The summed E-state index contributed by atoms with van der Waals surface area (Å²) in [6.07, 6.45) is 8.40. The Hall–Kier alpha value is -0.877. The van der Waals surface area contributed by atoms with Crippen molar-refractivity contribution in [1.82, 2.24) is 0 Å². The molecule has 6 atom stereocenters. The van der Waals surface area contributed by atoms with E-state index in [-0.39, 0.29) is 14.9 Å². The van der Waals surface area contributed by atoms with Gasteiger partial charge in [0, 0.05) is 0 Å². The van der Waals surface area contributed by atoms with Gasteiger partial charge < -0.3 is 14.9 Å². The SMILES string of the molecule is CC(C)[C@@H]1CC[C@@H](C)C[C@@H]1c1cc2cc[cH-]cc-2c1.CC(C)[C@@H]1CC[C@@H](C)C[C@@H]1c1cc2cc[cH-]cc-2c1.[CH3-].[CH3-].[Cl][Zr+2][Cl]. The van der Waals surface area contributed by atoms with Gasteiger partial charge in [0.15, 0.2) is 0 Å². The van der Waals surface area contributed by atoms with Crippen LogP contribution in [0.2, 0.25) is 0 Å². The second-order valence-corrected chi connectivity index (χ2v) is 17.5. The van der Waals surface area contributed by atoms with Crippen molar-refractivity contribution < 1.29 is 20.8 Å². The van der Waals surface area contributed by atoms with Crippen LogP contribution in [0.1, 0.15) is 103 Å². The molecule has 6 rings (SSSR count). The number of benzene rings is 2. The van der Waals surface area contributed by atoms with Crippen LogP contribution in [-0.4, -0.2) is 0 Å².